The highest BCUT2D eigenvalue weighted by Gasteiger charge is 2.37. The molecule has 1 heterocycles. The van der Waals surface area contributed by atoms with Crippen LogP contribution in [-0.2, 0) is 22.3 Å². The fourth-order valence-corrected chi connectivity index (χ4v) is 4.71. The molecule has 0 radical (unpaired) electrons. The van der Waals surface area contributed by atoms with Gasteiger partial charge in [-0.3, -0.25) is 0 Å². The highest BCUT2D eigenvalue weighted by Crippen LogP contribution is 2.32. The maximum absolute atomic E-state index is 12.9. The smallest absolute Gasteiger partial charge is 0.218 e. The normalized spacial score (nSPS) is 15.4. The van der Waals surface area contributed by atoms with Crippen LogP contribution in [0.4, 0.5) is 4.39 Å². The molecule has 1 aromatic carbocycles. The van der Waals surface area contributed by atoms with Gasteiger partial charge in [0.05, 0.1) is 23.0 Å². The number of rotatable bonds is 6. The second-order valence-corrected chi connectivity index (χ2v) is 8.50. The summed E-state index contributed by atoms with van der Waals surface area (Å²) in [6.07, 6.45) is 1.79. The number of nitrogens with zero attached hydrogens (tertiary/aromatic N) is 2. The van der Waals surface area contributed by atoms with Gasteiger partial charge in [-0.05, 0) is 37.5 Å². The lowest BCUT2D eigenvalue weighted by atomic mass is 10.2. The summed E-state index contributed by atoms with van der Waals surface area (Å²) in [6.45, 7) is 2.22. The van der Waals surface area contributed by atoms with Crippen LogP contribution in [0, 0.1) is 12.7 Å². The van der Waals surface area contributed by atoms with Gasteiger partial charge < -0.3 is 0 Å². The van der Waals surface area contributed by atoms with E-state index >= 15 is 0 Å². The predicted molar refractivity (Wildman–Crippen MR) is 84.4 cm³/mol. The molecule has 0 bridgehead atoms. The van der Waals surface area contributed by atoms with Crippen molar-refractivity contribution in [3.63, 3.8) is 0 Å². The van der Waals surface area contributed by atoms with Crippen LogP contribution in [0.5, 0.6) is 0 Å². The van der Waals surface area contributed by atoms with Gasteiger partial charge in [-0.2, -0.15) is 4.31 Å². The minimum Gasteiger partial charge on any atom is -0.245 e. The summed E-state index contributed by atoms with van der Waals surface area (Å²) in [5.74, 6) is -0.467. The number of thiazole rings is 1. The first-order chi connectivity index (χ1) is 10.4. The van der Waals surface area contributed by atoms with Crippen LogP contribution < -0.4 is 0 Å². The van der Waals surface area contributed by atoms with Crippen molar-refractivity contribution in [1.82, 2.24) is 9.29 Å². The summed E-state index contributed by atoms with van der Waals surface area (Å²) >= 11 is 1.52. The fraction of sp³-hybridized carbons (Fsp3) is 0.400. The first kappa shape index (κ1) is 15.6. The van der Waals surface area contributed by atoms with E-state index in [9.17, 15) is 12.8 Å². The van der Waals surface area contributed by atoms with E-state index in [-0.39, 0.29) is 17.6 Å². The second-order valence-electron chi connectivity index (χ2n) is 5.52. The number of sulfonamides is 1. The van der Waals surface area contributed by atoms with Crippen molar-refractivity contribution in [2.24, 2.45) is 0 Å². The molecule has 0 saturated heterocycles. The van der Waals surface area contributed by atoms with Crippen molar-refractivity contribution >= 4 is 21.4 Å². The highest BCUT2D eigenvalue weighted by molar-refractivity contribution is 7.88. The first-order valence-electron chi connectivity index (χ1n) is 7.09. The van der Waals surface area contributed by atoms with Crippen molar-refractivity contribution in [3.05, 3.63) is 51.7 Å². The Hall–Kier alpha value is -1.31. The standard InChI is InChI=1S/C15H17FN2O2S2/c1-11-17-14(9-21-11)8-18(15-6-7-15)22(19,20)10-12-2-4-13(16)5-3-12/h2-5,9,15H,6-8,10H2,1H3. The molecule has 0 amide bonds. The molecule has 0 atom stereocenters. The van der Waals surface area contributed by atoms with Crippen LogP contribution in [0.1, 0.15) is 29.1 Å². The van der Waals surface area contributed by atoms with Crippen LogP contribution in [0.15, 0.2) is 29.6 Å². The molecule has 0 unspecified atom stereocenters. The molecule has 1 aromatic heterocycles. The fourth-order valence-electron chi connectivity index (χ4n) is 2.33. The molecule has 0 N–H and O–H groups in total. The third-order valence-electron chi connectivity index (χ3n) is 3.56. The minimum atomic E-state index is -3.44. The third-order valence-corrected chi connectivity index (χ3v) is 6.22. The Balaban J connectivity index is 1.78. The van der Waals surface area contributed by atoms with E-state index in [2.05, 4.69) is 4.98 Å². The molecule has 118 valence electrons. The third kappa shape index (κ3) is 3.71. The lowest BCUT2D eigenvalue weighted by Gasteiger charge is -2.21. The Kier molecular flexibility index (Phi) is 4.29. The van der Waals surface area contributed by atoms with Crippen LogP contribution in [0.3, 0.4) is 0 Å². The molecule has 1 saturated carbocycles. The summed E-state index contributed by atoms with van der Waals surface area (Å²) in [7, 11) is -3.44. The molecule has 1 fully saturated rings. The number of hydrogen-bond donors (Lipinski definition) is 0. The van der Waals surface area contributed by atoms with Gasteiger partial charge >= 0.3 is 0 Å². The van der Waals surface area contributed by atoms with Crippen LogP contribution >= 0.6 is 11.3 Å². The van der Waals surface area contributed by atoms with Gasteiger partial charge in [-0.15, -0.1) is 11.3 Å². The maximum atomic E-state index is 12.9. The minimum absolute atomic E-state index is 0.0763. The van der Waals surface area contributed by atoms with Crippen molar-refractivity contribution in [2.75, 3.05) is 0 Å². The number of hydrogen-bond acceptors (Lipinski definition) is 4. The van der Waals surface area contributed by atoms with E-state index < -0.39 is 10.0 Å². The predicted octanol–water partition coefficient (Wildman–Crippen LogP) is 3.09. The molecule has 22 heavy (non-hydrogen) atoms. The van der Waals surface area contributed by atoms with Gasteiger partial charge in [0.1, 0.15) is 5.82 Å². The monoisotopic (exact) mass is 340 g/mol. The molecular weight excluding hydrogens is 323 g/mol. The molecule has 2 aromatic rings. The van der Waals surface area contributed by atoms with Gasteiger partial charge in [-0.1, -0.05) is 12.1 Å². The van der Waals surface area contributed by atoms with E-state index in [1.807, 2.05) is 12.3 Å². The molecule has 4 nitrogen and oxygen atoms in total. The van der Waals surface area contributed by atoms with Crippen LogP contribution in [-0.4, -0.2) is 23.7 Å². The summed E-state index contributed by atoms with van der Waals surface area (Å²) in [5.41, 5.74) is 1.39. The van der Waals surface area contributed by atoms with E-state index in [1.165, 1.54) is 35.6 Å². The SMILES string of the molecule is Cc1nc(CN(C2CC2)S(=O)(=O)Cc2ccc(F)cc2)cs1. The second kappa shape index (κ2) is 6.06. The van der Waals surface area contributed by atoms with E-state index in [1.54, 1.807) is 4.31 Å². The molecule has 3 rings (SSSR count). The summed E-state index contributed by atoms with van der Waals surface area (Å²) < 4.78 is 39.9. The van der Waals surface area contributed by atoms with E-state index in [0.29, 0.717) is 12.1 Å². The zero-order chi connectivity index (χ0) is 15.7. The average molecular weight is 340 g/mol. The number of benzene rings is 1. The Labute approximate surface area is 133 Å². The lowest BCUT2D eigenvalue weighted by Crippen LogP contribution is -2.33. The van der Waals surface area contributed by atoms with Crippen LogP contribution in [0.25, 0.3) is 0 Å². The Morgan fingerprint density at radius 2 is 2.00 bits per heavy atom. The summed E-state index contributed by atoms with van der Waals surface area (Å²) in [4.78, 5) is 4.36. The first-order valence-corrected chi connectivity index (χ1v) is 9.58. The van der Waals surface area contributed by atoms with Crippen molar-refractivity contribution in [1.29, 1.82) is 0 Å². The molecule has 0 aliphatic heterocycles. The van der Waals surface area contributed by atoms with Crippen molar-refractivity contribution < 1.29 is 12.8 Å². The number of aryl methyl sites for hydroxylation is 1. The van der Waals surface area contributed by atoms with Gasteiger partial charge in [-0.25, -0.2) is 17.8 Å². The highest BCUT2D eigenvalue weighted by atomic mass is 32.2. The van der Waals surface area contributed by atoms with E-state index in [4.69, 9.17) is 0 Å². The molecule has 7 heteroatoms. The quantitative estimate of drug-likeness (QED) is 0.812. The summed E-state index contributed by atoms with van der Waals surface area (Å²) in [6, 6.07) is 5.69. The summed E-state index contributed by atoms with van der Waals surface area (Å²) in [5, 5.41) is 2.83. The molecule has 1 aliphatic rings. The zero-order valence-corrected chi connectivity index (χ0v) is 13.8. The maximum Gasteiger partial charge on any atom is 0.218 e. The number of halogens is 1. The largest absolute Gasteiger partial charge is 0.245 e. The van der Waals surface area contributed by atoms with Gasteiger partial charge in [0.25, 0.3) is 0 Å². The van der Waals surface area contributed by atoms with Gasteiger partial charge in [0.2, 0.25) is 10.0 Å². The number of aromatic nitrogens is 1. The molecule has 1 aliphatic carbocycles. The molecule has 0 spiro atoms. The lowest BCUT2D eigenvalue weighted by molar-refractivity contribution is 0.394. The average Bonchev–Trinajstić information content (AvgIpc) is 3.21. The van der Waals surface area contributed by atoms with Gasteiger partial charge in [0.15, 0.2) is 0 Å². The van der Waals surface area contributed by atoms with E-state index in [0.717, 1.165) is 23.5 Å². The molecular formula is C15H17FN2O2S2. The Bertz CT molecular complexity index is 752. The Morgan fingerprint density at radius 1 is 1.32 bits per heavy atom. The zero-order valence-electron chi connectivity index (χ0n) is 12.2. The van der Waals surface area contributed by atoms with Crippen molar-refractivity contribution in [2.45, 2.75) is 38.1 Å². The van der Waals surface area contributed by atoms with Gasteiger partial charge in [0, 0.05) is 11.4 Å². The topological polar surface area (TPSA) is 50.3 Å². The van der Waals surface area contributed by atoms with Crippen molar-refractivity contribution in [3.8, 4) is 0 Å². The Morgan fingerprint density at radius 3 is 2.55 bits per heavy atom. The van der Waals surface area contributed by atoms with Crippen LogP contribution in [0.2, 0.25) is 0 Å².